The summed E-state index contributed by atoms with van der Waals surface area (Å²) in [5.74, 6) is -0.259. The van der Waals surface area contributed by atoms with Crippen LogP contribution in [0.1, 0.15) is 22.8 Å². The summed E-state index contributed by atoms with van der Waals surface area (Å²) >= 11 is 0. The van der Waals surface area contributed by atoms with E-state index < -0.39 is 0 Å². The van der Waals surface area contributed by atoms with Gasteiger partial charge in [-0.25, -0.2) is 0 Å². The van der Waals surface area contributed by atoms with E-state index in [9.17, 15) is 9.59 Å². The van der Waals surface area contributed by atoms with E-state index in [1.165, 1.54) is 6.92 Å². The Labute approximate surface area is 113 Å². The van der Waals surface area contributed by atoms with E-state index in [1.807, 2.05) is 12.1 Å². The maximum absolute atomic E-state index is 11.6. The third kappa shape index (κ3) is 5.65. The molecule has 1 aromatic carbocycles. The number of carbonyl (C=O) groups is 2. The second-order valence-electron chi connectivity index (χ2n) is 3.64. The van der Waals surface area contributed by atoms with Crippen molar-refractivity contribution in [2.45, 2.75) is 13.5 Å². The smallest absolute Gasteiger partial charge is 0.251 e. The molecule has 0 unspecified atom stereocenters. The van der Waals surface area contributed by atoms with E-state index in [1.54, 1.807) is 12.1 Å². The minimum absolute atomic E-state index is 0. The van der Waals surface area contributed by atoms with Gasteiger partial charge in [-0.05, 0) is 17.7 Å². The van der Waals surface area contributed by atoms with Crippen molar-refractivity contribution in [2.24, 2.45) is 5.73 Å². The van der Waals surface area contributed by atoms with Crippen molar-refractivity contribution in [3.05, 3.63) is 35.4 Å². The first-order valence-electron chi connectivity index (χ1n) is 5.45. The van der Waals surface area contributed by atoms with E-state index >= 15 is 0 Å². The zero-order valence-corrected chi connectivity index (χ0v) is 11.0. The fourth-order valence-electron chi connectivity index (χ4n) is 1.31. The van der Waals surface area contributed by atoms with Gasteiger partial charge in [-0.15, -0.1) is 12.4 Å². The Morgan fingerprint density at radius 2 is 1.67 bits per heavy atom. The number of amides is 2. The van der Waals surface area contributed by atoms with Gasteiger partial charge in [0.15, 0.2) is 0 Å². The van der Waals surface area contributed by atoms with Gasteiger partial charge in [0.2, 0.25) is 5.91 Å². The lowest BCUT2D eigenvalue weighted by atomic mass is 10.1. The molecule has 1 aromatic rings. The van der Waals surface area contributed by atoms with Gasteiger partial charge in [0.25, 0.3) is 5.91 Å². The first kappa shape index (κ1) is 16.4. The van der Waals surface area contributed by atoms with Crippen LogP contribution in [0.15, 0.2) is 24.3 Å². The summed E-state index contributed by atoms with van der Waals surface area (Å²) in [5.41, 5.74) is 7.04. The first-order chi connectivity index (χ1) is 8.13. The lowest BCUT2D eigenvalue weighted by Gasteiger charge is -2.06. The van der Waals surface area contributed by atoms with Gasteiger partial charge >= 0.3 is 0 Å². The van der Waals surface area contributed by atoms with Crippen LogP contribution in [0.2, 0.25) is 0 Å². The molecule has 0 heterocycles. The molecular weight excluding hydrogens is 254 g/mol. The molecule has 5 nitrogen and oxygen atoms in total. The molecule has 0 aliphatic carbocycles. The van der Waals surface area contributed by atoms with Crippen molar-refractivity contribution in [3.63, 3.8) is 0 Å². The number of carbonyl (C=O) groups excluding carboxylic acids is 2. The molecule has 0 aromatic heterocycles. The largest absolute Gasteiger partial charge is 0.355 e. The molecule has 6 heteroatoms. The standard InChI is InChI=1S/C12H17N3O2.ClH/c1-9(16)14-6-7-15-12(17)11-4-2-10(8-13)3-5-11;/h2-5H,6-8,13H2,1H3,(H,14,16)(H,15,17);1H. The van der Waals surface area contributed by atoms with Crippen LogP contribution in [0.25, 0.3) is 0 Å². The molecular formula is C12H18ClN3O2. The third-order valence-electron chi connectivity index (χ3n) is 2.24. The molecule has 0 aliphatic heterocycles. The Balaban J connectivity index is 0.00000289. The topological polar surface area (TPSA) is 84.2 Å². The van der Waals surface area contributed by atoms with Crippen LogP contribution in [-0.2, 0) is 11.3 Å². The molecule has 0 fully saturated rings. The molecule has 0 atom stereocenters. The normalized spacial score (nSPS) is 9.22. The summed E-state index contributed by atoms with van der Waals surface area (Å²) in [4.78, 5) is 22.2. The fraction of sp³-hybridized carbons (Fsp3) is 0.333. The highest BCUT2D eigenvalue weighted by atomic mass is 35.5. The Morgan fingerprint density at radius 1 is 1.11 bits per heavy atom. The van der Waals surface area contributed by atoms with E-state index in [-0.39, 0.29) is 24.2 Å². The average Bonchev–Trinajstić information content (AvgIpc) is 2.34. The molecule has 1 rings (SSSR count). The average molecular weight is 272 g/mol. The summed E-state index contributed by atoms with van der Waals surface area (Å²) in [7, 11) is 0. The number of halogens is 1. The molecule has 0 aliphatic rings. The Hall–Kier alpha value is -1.59. The predicted octanol–water partition coefficient (Wildman–Crippen LogP) is 0.433. The minimum Gasteiger partial charge on any atom is -0.355 e. The van der Waals surface area contributed by atoms with E-state index in [2.05, 4.69) is 10.6 Å². The van der Waals surface area contributed by atoms with Crippen molar-refractivity contribution in [1.82, 2.24) is 10.6 Å². The molecule has 4 N–H and O–H groups in total. The molecule has 18 heavy (non-hydrogen) atoms. The molecule has 0 spiro atoms. The number of hydrogen-bond donors (Lipinski definition) is 3. The van der Waals surface area contributed by atoms with Gasteiger partial charge in [-0.3, -0.25) is 9.59 Å². The van der Waals surface area contributed by atoms with Crippen molar-refractivity contribution in [3.8, 4) is 0 Å². The summed E-state index contributed by atoms with van der Waals surface area (Å²) < 4.78 is 0. The zero-order valence-electron chi connectivity index (χ0n) is 10.2. The van der Waals surface area contributed by atoms with Gasteiger partial charge in [0, 0.05) is 32.1 Å². The summed E-state index contributed by atoms with van der Waals surface area (Å²) in [5, 5.41) is 5.31. The minimum atomic E-state index is -0.154. The van der Waals surface area contributed by atoms with Crippen LogP contribution in [0, 0.1) is 0 Å². The maximum atomic E-state index is 11.6. The van der Waals surface area contributed by atoms with Crippen molar-refractivity contribution in [2.75, 3.05) is 13.1 Å². The van der Waals surface area contributed by atoms with Crippen LogP contribution in [0.3, 0.4) is 0 Å². The van der Waals surface area contributed by atoms with Gasteiger partial charge < -0.3 is 16.4 Å². The van der Waals surface area contributed by atoms with E-state index in [0.717, 1.165) is 5.56 Å². The van der Waals surface area contributed by atoms with Gasteiger partial charge in [-0.2, -0.15) is 0 Å². The predicted molar refractivity (Wildman–Crippen MR) is 72.6 cm³/mol. The van der Waals surface area contributed by atoms with Crippen molar-refractivity contribution >= 4 is 24.2 Å². The van der Waals surface area contributed by atoms with Gasteiger partial charge in [0.1, 0.15) is 0 Å². The quantitative estimate of drug-likeness (QED) is 0.679. The van der Waals surface area contributed by atoms with E-state index in [0.29, 0.717) is 25.2 Å². The van der Waals surface area contributed by atoms with E-state index in [4.69, 9.17) is 5.73 Å². The SMILES string of the molecule is CC(=O)NCCNC(=O)c1ccc(CN)cc1.Cl. The molecule has 0 saturated heterocycles. The third-order valence-corrected chi connectivity index (χ3v) is 2.24. The highest BCUT2D eigenvalue weighted by Gasteiger charge is 2.03. The molecule has 100 valence electrons. The molecule has 0 radical (unpaired) electrons. The second kappa shape index (κ2) is 8.49. The first-order valence-corrected chi connectivity index (χ1v) is 5.45. The van der Waals surface area contributed by atoms with Crippen LogP contribution in [0.5, 0.6) is 0 Å². The van der Waals surface area contributed by atoms with Gasteiger partial charge in [0.05, 0.1) is 0 Å². The lowest BCUT2D eigenvalue weighted by molar-refractivity contribution is -0.118. The van der Waals surface area contributed by atoms with Crippen molar-refractivity contribution in [1.29, 1.82) is 0 Å². The number of rotatable bonds is 5. The van der Waals surface area contributed by atoms with Crippen LogP contribution in [0.4, 0.5) is 0 Å². The van der Waals surface area contributed by atoms with Crippen LogP contribution < -0.4 is 16.4 Å². The lowest BCUT2D eigenvalue weighted by Crippen LogP contribution is -2.33. The molecule has 0 bridgehead atoms. The summed E-state index contributed by atoms with van der Waals surface area (Å²) in [6, 6.07) is 7.11. The number of hydrogen-bond acceptors (Lipinski definition) is 3. The second-order valence-corrected chi connectivity index (χ2v) is 3.64. The van der Waals surface area contributed by atoms with Crippen molar-refractivity contribution < 1.29 is 9.59 Å². The Morgan fingerprint density at radius 3 is 2.17 bits per heavy atom. The number of benzene rings is 1. The summed E-state index contributed by atoms with van der Waals surface area (Å²) in [6.07, 6.45) is 0. The van der Waals surface area contributed by atoms with Gasteiger partial charge in [-0.1, -0.05) is 12.1 Å². The molecule has 2 amide bonds. The molecule has 0 saturated carbocycles. The highest BCUT2D eigenvalue weighted by molar-refractivity contribution is 5.94. The Bertz CT molecular complexity index is 393. The summed E-state index contributed by atoms with van der Waals surface area (Å²) in [6.45, 7) is 2.75. The monoisotopic (exact) mass is 271 g/mol. The maximum Gasteiger partial charge on any atom is 0.251 e. The number of nitrogens with two attached hydrogens (primary N) is 1. The number of nitrogens with one attached hydrogen (secondary N) is 2. The van der Waals surface area contributed by atoms with Crippen LogP contribution >= 0.6 is 12.4 Å². The van der Waals surface area contributed by atoms with Crippen LogP contribution in [-0.4, -0.2) is 24.9 Å². The fourth-order valence-corrected chi connectivity index (χ4v) is 1.31. The Kier molecular flexibility index (Phi) is 7.74. The highest BCUT2D eigenvalue weighted by Crippen LogP contribution is 2.03. The zero-order chi connectivity index (χ0) is 12.7.